The molecule has 0 saturated carbocycles. The second-order valence-electron chi connectivity index (χ2n) is 5.77. The number of para-hydroxylation sites is 2. The predicted octanol–water partition coefficient (Wildman–Crippen LogP) is 4.59. The van der Waals surface area contributed by atoms with Crippen molar-refractivity contribution in [3.8, 4) is 29.0 Å². The van der Waals surface area contributed by atoms with Gasteiger partial charge in [-0.15, -0.1) is 0 Å². The Morgan fingerprint density at radius 3 is 2.11 bits per heavy atom. The lowest BCUT2D eigenvalue weighted by Gasteiger charge is -2.11. The van der Waals surface area contributed by atoms with Crippen molar-refractivity contribution in [1.82, 2.24) is 9.97 Å². The summed E-state index contributed by atoms with van der Waals surface area (Å²) in [5.74, 6) is 0.711. The maximum atomic E-state index is 11.6. The number of nitrogens with zero attached hydrogens (tertiary/aromatic N) is 3. The van der Waals surface area contributed by atoms with E-state index < -0.39 is 10.6 Å². The first kappa shape index (κ1) is 18.1. The zero-order valence-electron chi connectivity index (χ0n) is 15.0. The van der Waals surface area contributed by atoms with Gasteiger partial charge in [0.25, 0.3) is 0 Å². The Morgan fingerprint density at radius 1 is 0.926 bits per heavy atom. The second kappa shape index (κ2) is 7.69. The van der Waals surface area contributed by atoms with Crippen LogP contribution in [-0.2, 0) is 0 Å². The summed E-state index contributed by atoms with van der Waals surface area (Å²) in [5.41, 5.74) is 1.46. The van der Waals surface area contributed by atoms with E-state index in [9.17, 15) is 10.1 Å². The molecule has 0 spiro atoms. The standard InChI is InChI=1S/C19H17N3O5/c1-12-8-13(2)10-14(9-12)26-18-17(22(23)24)19(21-11-20-18)27-16-7-5-4-6-15(16)25-3/h4-11H,1-3H3. The third kappa shape index (κ3) is 4.12. The Bertz CT molecular complexity index is 971. The molecule has 3 rings (SSSR count). The van der Waals surface area contributed by atoms with Crippen molar-refractivity contribution < 1.29 is 19.1 Å². The van der Waals surface area contributed by atoms with E-state index in [1.165, 1.54) is 7.11 Å². The van der Waals surface area contributed by atoms with Gasteiger partial charge in [-0.1, -0.05) is 18.2 Å². The van der Waals surface area contributed by atoms with Crippen molar-refractivity contribution in [2.75, 3.05) is 7.11 Å². The normalized spacial score (nSPS) is 10.3. The summed E-state index contributed by atoms with van der Waals surface area (Å²) >= 11 is 0. The maximum absolute atomic E-state index is 11.6. The van der Waals surface area contributed by atoms with Crippen molar-refractivity contribution in [2.45, 2.75) is 13.8 Å². The number of methoxy groups -OCH3 is 1. The largest absolute Gasteiger partial charge is 0.493 e. The van der Waals surface area contributed by atoms with Crippen molar-refractivity contribution in [3.63, 3.8) is 0 Å². The topological polar surface area (TPSA) is 96.6 Å². The van der Waals surface area contributed by atoms with E-state index in [4.69, 9.17) is 14.2 Å². The minimum atomic E-state index is -0.636. The fourth-order valence-electron chi connectivity index (χ4n) is 2.56. The summed E-state index contributed by atoms with van der Waals surface area (Å²) in [5, 5.41) is 11.6. The number of aromatic nitrogens is 2. The molecule has 0 unspecified atom stereocenters. The SMILES string of the molecule is COc1ccccc1Oc1ncnc(Oc2cc(C)cc(C)c2)c1[N+](=O)[O-]. The summed E-state index contributed by atoms with van der Waals surface area (Å²) in [6, 6.07) is 12.3. The molecule has 3 aromatic rings. The fraction of sp³-hybridized carbons (Fsp3) is 0.158. The third-order valence-electron chi connectivity index (χ3n) is 3.62. The quantitative estimate of drug-likeness (QED) is 0.464. The van der Waals surface area contributed by atoms with Crippen LogP contribution in [0.3, 0.4) is 0 Å². The second-order valence-corrected chi connectivity index (χ2v) is 5.77. The lowest BCUT2D eigenvalue weighted by atomic mass is 10.1. The van der Waals surface area contributed by atoms with E-state index >= 15 is 0 Å². The van der Waals surface area contributed by atoms with Gasteiger partial charge in [0.2, 0.25) is 0 Å². The zero-order chi connectivity index (χ0) is 19.4. The monoisotopic (exact) mass is 367 g/mol. The molecule has 0 aliphatic rings. The summed E-state index contributed by atoms with van der Waals surface area (Å²) in [7, 11) is 1.48. The molecule has 2 aromatic carbocycles. The van der Waals surface area contributed by atoms with Crippen LogP contribution in [-0.4, -0.2) is 22.0 Å². The van der Waals surface area contributed by atoms with Gasteiger partial charge in [0, 0.05) is 0 Å². The molecule has 8 nitrogen and oxygen atoms in total. The van der Waals surface area contributed by atoms with Gasteiger partial charge >= 0.3 is 17.4 Å². The molecule has 0 fully saturated rings. The van der Waals surface area contributed by atoms with Crippen molar-refractivity contribution in [2.24, 2.45) is 0 Å². The van der Waals surface area contributed by atoms with Gasteiger partial charge in [0.1, 0.15) is 12.1 Å². The highest BCUT2D eigenvalue weighted by molar-refractivity contribution is 5.53. The highest BCUT2D eigenvalue weighted by atomic mass is 16.6. The van der Waals surface area contributed by atoms with Gasteiger partial charge in [-0.3, -0.25) is 10.1 Å². The van der Waals surface area contributed by atoms with Gasteiger partial charge in [-0.05, 0) is 49.2 Å². The highest BCUT2D eigenvalue weighted by Crippen LogP contribution is 2.39. The number of ether oxygens (including phenoxy) is 3. The smallest absolute Gasteiger partial charge is 0.393 e. The highest BCUT2D eigenvalue weighted by Gasteiger charge is 2.27. The number of aryl methyl sites for hydroxylation is 2. The van der Waals surface area contributed by atoms with Crippen LogP contribution in [0.15, 0.2) is 48.8 Å². The van der Waals surface area contributed by atoms with Gasteiger partial charge in [-0.2, -0.15) is 9.97 Å². The molecule has 0 saturated heterocycles. The molecule has 0 amide bonds. The Kier molecular flexibility index (Phi) is 5.16. The van der Waals surface area contributed by atoms with Gasteiger partial charge in [-0.25, -0.2) is 0 Å². The van der Waals surface area contributed by atoms with E-state index in [1.807, 2.05) is 19.9 Å². The zero-order valence-corrected chi connectivity index (χ0v) is 15.0. The molecule has 8 heteroatoms. The summed E-state index contributed by atoms with van der Waals surface area (Å²) in [6.07, 6.45) is 1.15. The maximum Gasteiger partial charge on any atom is 0.393 e. The molecule has 0 radical (unpaired) electrons. The minimum absolute atomic E-state index is 0.204. The van der Waals surface area contributed by atoms with Crippen LogP contribution in [0.25, 0.3) is 0 Å². The summed E-state index contributed by atoms with van der Waals surface area (Å²) in [4.78, 5) is 18.8. The minimum Gasteiger partial charge on any atom is -0.493 e. The van der Waals surface area contributed by atoms with Crippen molar-refractivity contribution in [1.29, 1.82) is 0 Å². The third-order valence-corrected chi connectivity index (χ3v) is 3.62. The molecular weight excluding hydrogens is 350 g/mol. The van der Waals surface area contributed by atoms with E-state index in [-0.39, 0.29) is 11.8 Å². The van der Waals surface area contributed by atoms with Crippen LogP contribution in [0, 0.1) is 24.0 Å². The summed E-state index contributed by atoms with van der Waals surface area (Å²) < 4.78 is 16.5. The lowest BCUT2D eigenvalue weighted by molar-refractivity contribution is -0.387. The van der Waals surface area contributed by atoms with Crippen molar-refractivity contribution >= 4 is 5.69 Å². The average molecular weight is 367 g/mol. The molecule has 138 valence electrons. The molecule has 0 N–H and O–H groups in total. The predicted molar refractivity (Wildman–Crippen MR) is 97.7 cm³/mol. The van der Waals surface area contributed by atoms with E-state index in [1.54, 1.807) is 36.4 Å². The number of nitro groups is 1. The van der Waals surface area contributed by atoms with Crippen LogP contribution >= 0.6 is 0 Å². The Balaban J connectivity index is 2.01. The number of hydrogen-bond acceptors (Lipinski definition) is 7. The first-order valence-electron chi connectivity index (χ1n) is 8.04. The Labute approximate surface area is 155 Å². The first-order valence-corrected chi connectivity index (χ1v) is 8.04. The molecule has 27 heavy (non-hydrogen) atoms. The van der Waals surface area contributed by atoms with Crippen molar-refractivity contribution in [3.05, 3.63) is 70.0 Å². The Morgan fingerprint density at radius 2 is 1.52 bits per heavy atom. The van der Waals surface area contributed by atoms with Crippen LogP contribution < -0.4 is 14.2 Å². The van der Waals surface area contributed by atoms with Gasteiger partial charge < -0.3 is 14.2 Å². The fourth-order valence-corrected chi connectivity index (χ4v) is 2.56. The van der Waals surface area contributed by atoms with Crippen LogP contribution in [0.4, 0.5) is 5.69 Å². The lowest BCUT2D eigenvalue weighted by Crippen LogP contribution is -2.02. The molecule has 1 heterocycles. The van der Waals surface area contributed by atoms with E-state index in [2.05, 4.69) is 9.97 Å². The summed E-state index contributed by atoms with van der Waals surface area (Å²) in [6.45, 7) is 3.81. The number of rotatable bonds is 6. The molecular formula is C19H17N3O5. The van der Waals surface area contributed by atoms with Gasteiger partial charge in [0.05, 0.1) is 12.0 Å². The van der Waals surface area contributed by atoms with E-state index in [0.29, 0.717) is 17.2 Å². The molecule has 0 aliphatic carbocycles. The van der Waals surface area contributed by atoms with Crippen LogP contribution in [0.5, 0.6) is 29.0 Å². The molecule has 0 aliphatic heterocycles. The Hall–Kier alpha value is -3.68. The van der Waals surface area contributed by atoms with E-state index in [0.717, 1.165) is 17.5 Å². The van der Waals surface area contributed by atoms with Crippen LogP contribution in [0.1, 0.15) is 11.1 Å². The number of hydrogen-bond donors (Lipinski definition) is 0. The molecule has 0 atom stereocenters. The molecule has 1 aromatic heterocycles. The molecule has 0 bridgehead atoms. The number of benzene rings is 2. The average Bonchev–Trinajstić information content (AvgIpc) is 2.61. The first-order chi connectivity index (χ1) is 13.0. The van der Waals surface area contributed by atoms with Crippen LogP contribution in [0.2, 0.25) is 0 Å². The van der Waals surface area contributed by atoms with Gasteiger partial charge in [0.15, 0.2) is 11.5 Å².